The number of hydrogen-bond donors (Lipinski definition) is 1. The van der Waals surface area contributed by atoms with Gasteiger partial charge in [-0.2, -0.15) is 5.10 Å². The number of aromatic hydroxyl groups is 1. The minimum Gasteiger partial charge on any atom is -0.506 e. The van der Waals surface area contributed by atoms with Gasteiger partial charge in [0.15, 0.2) is 5.17 Å². The van der Waals surface area contributed by atoms with Crippen LogP contribution < -0.4 is 0 Å². The predicted molar refractivity (Wildman–Crippen MR) is 130 cm³/mol. The lowest BCUT2D eigenvalue weighted by Gasteiger charge is -2.12. The van der Waals surface area contributed by atoms with Gasteiger partial charge in [0.25, 0.3) is 5.91 Å². The number of halogens is 3. The zero-order chi connectivity index (χ0) is 22.7. The van der Waals surface area contributed by atoms with Crippen LogP contribution >= 0.6 is 43.6 Å². The molecule has 0 aliphatic carbocycles. The fourth-order valence-electron chi connectivity index (χ4n) is 2.84. The standard InChI is InChI=1S/C22H14Br2FN3O3S/c23-15-8-14(20(29)17(24)10-15)11-26-27-22-28(12-16-5-3-7-31-16)21(30)19(32-22)9-13-4-1-2-6-18(13)25/h1-11,29H,12H2/b19-9-,26-11-,27-22+. The molecule has 1 fully saturated rings. The summed E-state index contributed by atoms with van der Waals surface area (Å²) in [4.78, 5) is 14.7. The minimum absolute atomic E-state index is 0.0138. The van der Waals surface area contributed by atoms with Crippen LogP contribution in [0.3, 0.4) is 0 Å². The Hall–Kier alpha value is -2.69. The van der Waals surface area contributed by atoms with Gasteiger partial charge in [-0.05, 0) is 64.1 Å². The zero-order valence-corrected chi connectivity index (χ0v) is 20.2. The number of carbonyl (C=O) groups is 1. The highest BCUT2D eigenvalue weighted by Crippen LogP contribution is 2.34. The molecule has 0 spiro atoms. The molecular formula is C22H14Br2FN3O3S. The van der Waals surface area contributed by atoms with Gasteiger partial charge >= 0.3 is 0 Å². The van der Waals surface area contributed by atoms with Crippen LogP contribution in [-0.2, 0) is 11.3 Å². The number of furan rings is 1. The lowest BCUT2D eigenvalue weighted by Crippen LogP contribution is -2.28. The van der Waals surface area contributed by atoms with Crippen molar-refractivity contribution < 1.29 is 18.7 Å². The van der Waals surface area contributed by atoms with E-state index in [2.05, 4.69) is 42.1 Å². The van der Waals surface area contributed by atoms with Crippen LogP contribution in [0.4, 0.5) is 4.39 Å². The number of phenols is 1. The first-order valence-electron chi connectivity index (χ1n) is 9.19. The van der Waals surface area contributed by atoms with E-state index in [1.165, 1.54) is 29.5 Å². The van der Waals surface area contributed by atoms with Crippen LogP contribution in [0, 0.1) is 5.82 Å². The number of hydrogen-bond acceptors (Lipinski definition) is 6. The van der Waals surface area contributed by atoms with Crippen LogP contribution in [0.1, 0.15) is 16.9 Å². The lowest BCUT2D eigenvalue weighted by atomic mass is 10.2. The van der Waals surface area contributed by atoms with E-state index in [9.17, 15) is 14.3 Å². The molecule has 1 saturated heterocycles. The van der Waals surface area contributed by atoms with Crippen molar-refractivity contribution in [2.75, 3.05) is 0 Å². The maximum atomic E-state index is 14.1. The number of amides is 1. The van der Waals surface area contributed by atoms with Crippen molar-refractivity contribution in [1.29, 1.82) is 0 Å². The Morgan fingerprint density at radius 3 is 2.72 bits per heavy atom. The quantitative estimate of drug-likeness (QED) is 0.223. The molecule has 1 amide bonds. The second-order valence-electron chi connectivity index (χ2n) is 6.56. The van der Waals surface area contributed by atoms with Gasteiger partial charge in [0.1, 0.15) is 17.3 Å². The molecule has 3 aromatic rings. The third kappa shape index (κ3) is 5.03. The van der Waals surface area contributed by atoms with Crippen LogP contribution in [-0.4, -0.2) is 27.3 Å². The van der Waals surface area contributed by atoms with Crippen LogP contribution in [0.25, 0.3) is 6.08 Å². The fraction of sp³-hybridized carbons (Fsp3) is 0.0455. The van der Waals surface area contributed by atoms with E-state index in [-0.39, 0.29) is 18.2 Å². The van der Waals surface area contributed by atoms with Gasteiger partial charge in [0.2, 0.25) is 0 Å². The molecule has 0 unspecified atom stereocenters. The molecule has 2 aromatic carbocycles. The Labute approximate surface area is 203 Å². The number of phenolic OH excluding ortho intramolecular Hbond substituents is 1. The van der Waals surface area contributed by atoms with Crippen molar-refractivity contribution in [3.63, 3.8) is 0 Å². The summed E-state index contributed by atoms with van der Waals surface area (Å²) >= 11 is 7.71. The molecule has 2 heterocycles. The van der Waals surface area contributed by atoms with Crippen molar-refractivity contribution >= 4 is 67.0 Å². The lowest BCUT2D eigenvalue weighted by molar-refractivity contribution is -0.122. The molecule has 1 aliphatic heterocycles. The molecule has 162 valence electrons. The van der Waals surface area contributed by atoms with E-state index in [0.717, 1.165) is 16.2 Å². The van der Waals surface area contributed by atoms with Gasteiger partial charge in [0, 0.05) is 15.6 Å². The highest BCUT2D eigenvalue weighted by molar-refractivity contribution is 9.11. The number of carbonyl (C=O) groups excluding carboxylic acids is 1. The molecule has 0 saturated carbocycles. The first kappa shape index (κ1) is 22.5. The minimum atomic E-state index is -0.426. The van der Waals surface area contributed by atoms with E-state index >= 15 is 0 Å². The van der Waals surface area contributed by atoms with E-state index in [1.54, 1.807) is 42.5 Å². The highest BCUT2D eigenvalue weighted by Gasteiger charge is 2.34. The highest BCUT2D eigenvalue weighted by atomic mass is 79.9. The third-order valence-corrected chi connectivity index (χ3v) is 6.43. The summed E-state index contributed by atoms with van der Waals surface area (Å²) in [6, 6.07) is 13.1. The van der Waals surface area contributed by atoms with Crippen LogP contribution in [0.2, 0.25) is 0 Å². The molecule has 0 radical (unpaired) electrons. The Kier molecular flexibility index (Phi) is 6.92. The Morgan fingerprint density at radius 1 is 1.16 bits per heavy atom. The van der Waals surface area contributed by atoms with Crippen LogP contribution in [0.15, 0.2) is 83.3 Å². The molecule has 6 nitrogen and oxygen atoms in total. The summed E-state index contributed by atoms with van der Waals surface area (Å²) in [5.74, 6) is -0.182. The summed E-state index contributed by atoms with van der Waals surface area (Å²) in [7, 11) is 0. The second-order valence-corrected chi connectivity index (χ2v) is 9.33. The number of thioether (sulfide) groups is 1. The van der Waals surface area contributed by atoms with E-state index in [0.29, 0.717) is 31.4 Å². The molecule has 0 bridgehead atoms. The monoisotopic (exact) mass is 577 g/mol. The summed E-state index contributed by atoms with van der Waals surface area (Å²) in [5.41, 5.74) is 0.736. The fourth-order valence-corrected chi connectivity index (χ4v) is 5.02. The first-order valence-corrected chi connectivity index (χ1v) is 11.6. The predicted octanol–water partition coefficient (Wildman–Crippen LogP) is 6.16. The van der Waals surface area contributed by atoms with Gasteiger partial charge in [0.05, 0.1) is 28.4 Å². The maximum absolute atomic E-state index is 14.1. The number of nitrogens with zero attached hydrogens (tertiary/aromatic N) is 3. The number of rotatable bonds is 5. The molecule has 4 rings (SSSR count). The SMILES string of the molecule is O=C1/C(=C/c2ccccc2F)S/C(=N/N=C\c2cc(Br)cc(Br)c2O)N1Cc1ccco1. The van der Waals surface area contributed by atoms with Gasteiger partial charge < -0.3 is 9.52 Å². The largest absolute Gasteiger partial charge is 0.506 e. The Morgan fingerprint density at radius 2 is 1.97 bits per heavy atom. The topological polar surface area (TPSA) is 78.4 Å². The average Bonchev–Trinajstić information content (AvgIpc) is 3.37. The summed E-state index contributed by atoms with van der Waals surface area (Å²) in [6.45, 7) is 0.148. The average molecular weight is 579 g/mol. The Bertz CT molecular complexity index is 1260. The van der Waals surface area contributed by atoms with Crippen LogP contribution in [0.5, 0.6) is 5.75 Å². The molecule has 32 heavy (non-hydrogen) atoms. The normalized spacial score (nSPS) is 16.7. The smallest absolute Gasteiger partial charge is 0.267 e. The number of benzene rings is 2. The van der Waals surface area contributed by atoms with Crippen molar-refractivity contribution in [3.8, 4) is 5.75 Å². The van der Waals surface area contributed by atoms with Crippen molar-refractivity contribution in [1.82, 2.24) is 4.90 Å². The molecule has 0 atom stereocenters. The molecule has 1 N–H and O–H groups in total. The van der Waals surface area contributed by atoms with Crippen molar-refractivity contribution in [3.05, 3.63) is 91.3 Å². The van der Waals surface area contributed by atoms with Gasteiger partial charge in [-0.25, -0.2) is 4.39 Å². The molecule has 1 aromatic heterocycles. The number of amidine groups is 1. The maximum Gasteiger partial charge on any atom is 0.267 e. The molecule has 1 aliphatic rings. The first-order chi connectivity index (χ1) is 15.4. The van der Waals surface area contributed by atoms with Crippen molar-refractivity contribution in [2.45, 2.75) is 6.54 Å². The van der Waals surface area contributed by atoms with Gasteiger partial charge in [-0.3, -0.25) is 9.69 Å². The molecule has 10 heteroatoms. The zero-order valence-electron chi connectivity index (χ0n) is 16.2. The van der Waals surface area contributed by atoms with E-state index < -0.39 is 5.82 Å². The molecular weight excluding hydrogens is 565 g/mol. The van der Waals surface area contributed by atoms with Gasteiger partial charge in [-0.1, -0.05) is 34.1 Å². The summed E-state index contributed by atoms with van der Waals surface area (Å²) < 4.78 is 20.7. The van der Waals surface area contributed by atoms with E-state index in [4.69, 9.17) is 4.42 Å². The van der Waals surface area contributed by atoms with Crippen molar-refractivity contribution in [2.24, 2.45) is 10.2 Å². The second kappa shape index (κ2) is 9.85. The summed E-state index contributed by atoms with van der Waals surface area (Å²) in [5, 5.41) is 18.7. The Balaban J connectivity index is 1.66. The van der Waals surface area contributed by atoms with E-state index in [1.807, 2.05) is 0 Å². The summed E-state index contributed by atoms with van der Waals surface area (Å²) in [6.07, 6.45) is 4.38. The van der Waals surface area contributed by atoms with Gasteiger partial charge in [-0.15, -0.1) is 5.10 Å². The third-order valence-electron chi connectivity index (χ3n) is 4.37.